The predicted molar refractivity (Wildman–Crippen MR) is 415 cm³/mol. The number of methoxy groups -OCH3 is 2. The number of fused-ring (bicyclic) bond motifs is 1. The molecule has 9 amide bonds. The van der Waals surface area contributed by atoms with Crippen molar-refractivity contribution >= 4 is 70.5 Å². The Labute approximate surface area is 664 Å². The zero-order valence-corrected chi connectivity index (χ0v) is 64.7. The smallest absolute Gasteiger partial charge is 0.271 e. The van der Waals surface area contributed by atoms with E-state index < -0.39 is 47.8 Å². The fourth-order valence-corrected chi connectivity index (χ4v) is 13.7. The number of ether oxygens (including phenoxy) is 3. The molecule has 12 rings (SSSR count). The highest BCUT2D eigenvalue weighted by Crippen LogP contribution is 2.34. The first kappa shape index (κ1) is 94.1. The first-order chi connectivity index (χ1) is 54.9. The van der Waals surface area contributed by atoms with E-state index in [4.69, 9.17) is 71.2 Å². The van der Waals surface area contributed by atoms with Crippen molar-refractivity contribution in [3.8, 4) is 11.5 Å². The van der Waals surface area contributed by atoms with Gasteiger partial charge in [0.05, 0.1) is 33.5 Å². The van der Waals surface area contributed by atoms with Crippen LogP contribution < -0.4 is 53.3 Å². The Balaban J connectivity index is 0.000000236. The minimum atomic E-state index is -1.28. The molecule has 114 heavy (non-hydrogen) atoms. The second-order valence-electron chi connectivity index (χ2n) is 26.6. The van der Waals surface area contributed by atoms with E-state index in [-0.39, 0.29) is 35.6 Å². The number of aliphatic hydroxyl groups excluding tert-OH is 3. The molecule has 0 bridgehead atoms. The van der Waals surface area contributed by atoms with Gasteiger partial charge in [-0.2, -0.15) is 0 Å². The number of amides is 9. The molecule has 4 aromatic rings. The zero-order valence-electron chi connectivity index (χ0n) is 63.9. The summed E-state index contributed by atoms with van der Waals surface area (Å²) in [6.45, 7) is 5.31. The quantitative estimate of drug-likeness (QED) is 0.0437. The summed E-state index contributed by atoms with van der Waals surface area (Å²) in [6, 6.07) is 33.0. The summed E-state index contributed by atoms with van der Waals surface area (Å²) in [5, 5.41) is 95.0. The molecule has 618 valence electrons. The predicted octanol–water partition coefficient (Wildman–Crippen LogP) is 6.22. The van der Waals surface area contributed by atoms with Crippen molar-refractivity contribution < 1.29 is 114 Å². The number of carbonyl (C=O) groups excluding carboxylic acids is 9. The van der Waals surface area contributed by atoms with E-state index in [9.17, 15) is 43.2 Å². The van der Waals surface area contributed by atoms with Gasteiger partial charge in [0.15, 0.2) is 0 Å². The monoisotopic (exact) mass is 1600 g/mol. The summed E-state index contributed by atoms with van der Waals surface area (Å²) in [5.41, 5.74) is 22.4. The Hall–Kier alpha value is -10.5. The van der Waals surface area contributed by atoms with Crippen LogP contribution in [0, 0.1) is 5.92 Å². The maximum Gasteiger partial charge on any atom is 0.271 e. The molecule has 0 saturated heterocycles. The van der Waals surface area contributed by atoms with E-state index in [2.05, 4.69) is 24.3 Å². The number of hydroxylamine groups is 8. The minimum Gasteiger partial charge on any atom is -0.497 e. The van der Waals surface area contributed by atoms with Crippen molar-refractivity contribution in [2.45, 2.75) is 138 Å². The standard InChI is InChI=1S/C16H21NO3.C14H16N2O4.C13H15NO2S.C11H11NO2.C7H12N2O2.C7H11NO5.C6H9NO3.C6H9NO2/c1-20-15-9-7-12(8-10-15)5-6-13-3-2-4-14(11-13)16(18)17-19;1-20-12-4-2-11(3-5-12)14(18)16-8-6-10(7-9-16)13(17)15-19;15-13(14-16)10-5-4-8-12(9-10)17-11-6-2-1-3-7-11;1-7-9-5-3-2-4-8(9)6-10(7)11(13)12-14;1-9-4-2-3-6(5-9)7(10)8-11;9-4-1-3(7(12)8-13)2-5(10)6(4)11;8-6(7-9)5-1-3-10-4-2-5;8-6(7-9)5-3-1-2-4-5/h7-11,13,19H,2-6H2,1H3,(H,17,18);2-6,19H,7-9H2,1H3,(H,15,17);1-3,6-7,9,12,16H,4-5,8H2,(H,14,15);2-5,14H,6H2,1H3,(H,12,13);3,11H,2,4-5H2,1H3,(H,8,10);1,4-6,9-11,13H,2H2,(H,8,12);1,9H,2-4H2,(H,7,8);3,9H,1-2,4H2,(H,7,8)/t;;;;;4-,5-,6-;;/m.....1../s1. The van der Waals surface area contributed by atoms with Crippen LogP contribution in [0.2, 0.25) is 0 Å². The average molecular weight is 1610 g/mol. The van der Waals surface area contributed by atoms with Gasteiger partial charge in [0.25, 0.3) is 53.2 Å². The maximum absolute atomic E-state index is 12.3. The van der Waals surface area contributed by atoms with E-state index in [1.165, 1.54) is 15.9 Å². The molecule has 0 saturated carbocycles. The molecule has 8 aliphatic rings. The van der Waals surface area contributed by atoms with Gasteiger partial charge in [-0.1, -0.05) is 91.1 Å². The number of nitrogens with zero attached hydrogens (tertiary/aromatic N) is 2. The van der Waals surface area contributed by atoms with Crippen LogP contribution in [0.5, 0.6) is 11.5 Å². The Bertz CT molecular complexity index is 4110. The number of aliphatic hydroxyl groups is 3. The van der Waals surface area contributed by atoms with Gasteiger partial charge in [-0.3, -0.25) is 84.8 Å². The van der Waals surface area contributed by atoms with Crippen molar-refractivity contribution in [2.75, 3.05) is 60.7 Å². The van der Waals surface area contributed by atoms with Crippen LogP contribution in [0.25, 0.3) is 5.57 Å². The lowest BCUT2D eigenvalue weighted by atomic mass is 9.86. The van der Waals surface area contributed by atoms with Crippen LogP contribution in [-0.2, 0) is 55.9 Å². The second-order valence-corrected chi connectivity index (χ2v) is 27.9. The Morgan fingerprint density at radius 3 is 1.56 bits per heavy atom. The molecule has 19 N–H and O–H groups in total. The van der Waals surface area contributed by atoms with Gasteiger partial charge in [0.1, 0.15) is 23.7 Å². The van der Waals surface area contributed by atoms with E-state index in [1.807, 2.05) is 97.8 Å². The highest BCUT2D eigenvalue weighted by molar-refractivity contribution is 8.00. The topological polar surface area (TPSA) is 507 Å². The zero-order chi connectivity index (χ0) is 83.5. The lowest BCUT2D eigenvalue weighted by Gasteiger charge is -2.26. The Kier molecular flexibility index (Phi) is 42.3. The number of carbonyl (C=O) groups is 9. The molecule has 2 unspecified atom stereocenters. The van der Waals surface area contributed by atoms with Crippen molar-refractivity contribution in [1.29, 1.82) is 0 Å². The molecule has 5 atom stereocenters. The Morgan fingerprint density at radius 2 is 1.04 bits per heavy atom. The molecule has 34 heteroatoms. The number of likely N-dealkylation sites (N-methyl/N-ethyl adjacent to an activating group) is 1. The summed E-state index contributed by atoms with van der Waals surface area (Å²) in [6.07, 6.45) is 21.2. The molecule has 5 aliphatic carbocycles. The van der Waals surface area contributed by atoms with Crippen LogP contribution in [0.4, 0.5) is 0 Å². The number of hydrogen-bond donors (Lipinski definition) is 19. The first-order valence-corrected chi connectivity index (χ1v) is 37.6. The average Bonchev–Trinajstić information content (AvgIpc) is 1.57. The fourth-order valence-electron chi connectivity index (χ4n) is 12.5. The number of allylic oxidation sites excluding steroid dienone is 3. The number of nitrogens with one attached hydrogen (secondary N) is 8. The van der Waals surface area contributed by atoms with Crippen LogP contribution in [0.3, 0.4) is 0 Å². The highest BCUT2D eigenvalue weighted by Gasteiger charge is 2.32. The molecule has 4 aromatic carbocycles. The Morgan fingerprint density at radius 1 is 0.518 bits per heavy atom. The molecule has 3 heterocycles. The second kappa shape index (κ2) is 51.2. The fraction of sp³-hybridized carbons (Fsp3) is 0.388. The number of benzene rings is 4. The molecule has 0 radical (unpaired) electrons. The number of thioether (sulfide) groups is 1. The third-order valence-corrected chi connectivity index (χ3v) is 20.1. The highest BCUT2D eigenvalue weighted by atomic mass is 32.2. The lowest BCUT2D eigenvalue weighted by Crippen LogP contribution is -2.42. The van der Waals surface area contributed by atoms with Gasteiger partial charge < -0.3 is 39.3 Å². The number of aryl methyl sites for hydroxylation is 1. The van der Waals surface area contributed by atoms with Crippen LogP contribution in [0.1, 0.15) is 124 Å². The van der Waals surface area contributed by atoms with Gasteiger partial charge in [-0.25, -0.2) is 43.8 Å². The van der Waals surface area contributed by atoms with Gasteiger partial charge in [0, 0.05) is 106 Å². The van der Waals surface area contributed by atoms with E-state index >= 15 is 0 Å². The summed E-state index contributed by atoms with van der Waals surface area (Å²) in [7, 11) is 5.17. The number of hydrogen-bond acceptors (Lipinski definition) is 25. The largest absolute Gasteiger partial charge is 0.497 e. The van der Waals surface area contributed by atoms with Gasteiger partial charge in [-0.05, 0) is 180 Å². The molecular formula is C80H104N10O23S. The van der Waals surface area contributed by atoms with E-state index in [0.717, 1.165) is 112 Å². The third kappa shape index (κ3) is 31.4. The normalized spacial score (nSPS) is 19.1. The van der Waals surface area contributed by atoms with Crippen molar-refractivity contribution in [2.24, 2.45) is 5.92 Å². The van der Waals surface area contributed by atoms with E-state index in [0.29, 0.717) is 114 Å². The van der Waals surface area contributed by atoms with Gasteiger partial charge in [0.2, 0.25) is 0 Å². The first-order valence-electron chi connectivity index (χ1n) is 36.7. The van der Waals surface area contributed by atoms with Crippen LogP contribution >= 0.6 is 11.8 Å². The molecule has 33 nitrogen and oxygen atoms in total. The lowest BCUT2D eigenvalue weighted by molar-refractivity contribution is -0.127. The maximum atomic E-state index is 12.3. The SMILES string of the molecule is CC1=C(C(=O)NO)Cc2ccccc21.CN1CCC=C(C(=O)NO)C1.COc1ccc(C(=O)N2CC=C(C(=O)NO)CC2)cc1.COc1ccc(CCC2C=C(C(=O)NO)CCC2)cc1.O=C(NO)C1=CC(Sc2ccccc2)CCC1.O=C(NO)C1=CCCC1.O=C(NO)C1=CCOCC1.O=C(NO)C1=C[C@@H](O)[C@@H](O)[C@H](O)C1. The summed E-state index contributed by atoms with van der Waals surface area (Å²) in [5.74, 6) is -1.72. The van der Waals surface area contributed by atoms with Gasteiger partial charge in [-0.15, -0.1) is 11.8 Å². The van der Waals surface area contributed by atoms with Gasteiger partial charge >= 0.3 is 0 Å². The number of rotatable bonds is 16. The van der Waals surface area contributed by atoms with E-state index in [1.54, 1.807) is 106 Å². The summed E-state index contributed by atoms with van der Waals surface area (Å²) in [4.78, 5) is 105. The summed E-state index contributed by atoms with van der Waals surface area (Å²) >= 11 is 1.76. The van der Waals surface area contributed by atoms with Crippen LogP contribution in [-0.4, -0.2) is 204 Å². The minimum absolute atomic E-state index is 0.0489. The third-order valence-electron chi connectivity index (χ3n) is 18.9. The molecular weight excluding hydrogens is 1500 g/mol. The summed E-state index contributed by atoms with van der Waals surface area (Å²) < 4.78 is 15.1. The van der Waals surface area contributed by atoms with Crippen molar-refractivity contribution in [1.82, 2.24) is 53.6 Å². The molecule has 0 aromatic heterocycles. The molecule has 0 fully saturated rings. The van der Waals surface area contributed by atoms with Crippen molar-refractivity contribution in [3.63, 3.8) is 0 Å². The van der Waals surface area contributed by atoms with Crippen molar-refractivity contribution in [3.05, 3.63) is 212 Å². The van der Waals surface area contributed by atoms with Crippen LogP contribution in [0.15, 0.2) is 195 Å². The molecule has 3 aliphatic heterocycles. The molecule has 0 spiro atoms.